The van der Waals surface area contributed by atoms with Gasteiger partial charge < -0.3 is 0 Å². The molecule has 0 amide bonds. The summed E-state index contributed by atoms with van der Waals surface area (Å²) in [6, 6.07) is 8.56. The Hall–Kier alpha value is -1.62. The summed E-state index contributed by atoms with van der Waals surface area (Å²) >= 11 is 0. The topological polar surface area (TPSA) is 55.6 Å². The Labute approximate surface area is 94.7 Å². The van der Waals surface area contributed by atoms with E-state index in [2.05, 4.69) is 6.92 Å². The molecule has 88 valence electrons. The molecule has 0 atom stereocenters. The molecule has 0 aliphatic carbocycles. The van der Waals surface area contributed by atoms with E-state index in [0.717, 1.165) is 24.4 Å². The predicted molar refractivity (Wildman–Crippen MR) is 61.4 cm³/mol. The minimum atomic E-state index is -0.554. The number of benzene rings is 1. The Kier molecular flexibility index (Phi) is 5.28. The highest BCUT2D eigenvalue weighted by molar-refractivity contribution is 5.40. The number of unbranched alkanes of at least 4 members (excludes halogenated alkanes) is 2. The number of nitro groups is 1. The van der Waals surface area contributed by atoms with Crippen molar-refractivity contribution in [3.63, 3.8) is 0 Å². The molecule has 0 saturated carbocycles. The van der Waals surface area contributed by atoms with Crippen LogP contribution in [0.2, 0.25) is 0 Å². The van der Waals surface area contributed by atoms with Crippen LogP contribution in [-0.4, -0.2) is 11.6 Å². The largest absolute Gasteiger partial charge is 0.232 e. The molecule has 0 aliphatic heterocycles. The van der Waals surface area contributed by atoms with Gasteiger partial charge in [-0.15, -0.1) is 0 Å². The number of para-hydroxylation sites is 1. The molecule has 0 N–H and O–H groups in total. The quantitative estimate of drug-likeness (QED) is 0.406. The molecule has 1 rings (SSSR count). The standard InChI is InChI=1S/C11H16N2O3/c1-2-3-7-10-16-12(13(14)15)11-8-5-4-6-9-11/h4-6,8-9H,2-3,7,10H2,1H3. The Morgan fingerprint density at radius 1 is 1.31 bits per heavy atom. The summed E-state index contributed by atoms with van der Waals surface area (Å²) in [5.74, 6) is 0. The maximum atomic E-state index is 10.8. The van der Waals surface area contributed by atoms with Gasteiger partial charge in [0.2, 0.25) is 0 Å². The van der Waals surface area contributed by atoms with Gasteiger partial charge in [0.05, 0.1) is 6.61 Å². The van der Waals surface area contributed by atoms with Crippen molar-refractivity contribution in [1.29, 1.82) is 0 Å². The second kappa shape index (κ2) is 6.79. The zero-order valence-electron chi connectivity index (χ0n) is 9.33. The van der Waals surface area contributed by atoms with Gasteiger partial charge in [-0.1, -0.05) is 38.0 Å². The highest BCUT2D eigenvalue weighted by Crippen LogP contribution is 2.13. The van der Waals surface area contributed by atoms with E-state index in [-0.39, 0.29) is 0 Å². The van der Waals surface area contributed by atoms with Crippen molar-refractivity contribution in [2.75, 3.05) is 11.8 Å². The predicted octanol–water partition coefficient (Wildman–Crippen LogP) is 2.81. The van der Waals surface area contributed by atoms with Crippen LogP contribution in [0.1, 0.15) is 26.2 Å². The molecule has 0 aromatic heterocycles. The molecular weight excluding hydrogens is 208 g/mol. The van der Waals surface area contributed by atoms with E-state index >= 15 is 0 Å². The van der Waals surface area contributed by atoms with Gasteiger partial charge in [0, 0.05) is 5.17 Å². The molecule has 0 fully saturated rings. The summed E-state index contributed by atoms with van der Waals surface area (Å²) in [7, 11) is 0. The van der Waals surface area contributed by atoms with E-state index < -0.39 is 5.03 Å². The Morgan fingerprint density at radius 2 is 2.00 bits per heavy atom. The fourth-order valence-electron chi connectivity index (χ4n) is 1.27. The van der Waals surface area contributed by atoms with E-state index in [1.165, 1.54) is 0 Å². The van der Waals surface area contributed by atoms with Crippen molar-refractivity contribution < 1.29 is 9.87 Å². The van der Waals surface area contributed by atoms with Crippen molar-refractivity contribution in [1.82, 2.24) is 0 Å². The first-order chi connectivity index (χ1) is 7.75. The minimum Gasteiger partial charge on any atom is -0.232 e. The van der Waals surface area contributed by atoms with Crippen molar-refractivity contribution in [3.8, 4) is 0 Å². The summed E-state index contributed by atoms with van der Waals surface area (Å²) in [5.41, 5.74) is 0.434. The van der Waals surface area contributed by atoms with Gasteiger partial charge in [-0.2, -0.15) is 0 Å². The molecule has 5 heteroatoms. The van der Waals surface area contributed by atoms with E-state index in [9.17, 15) is 10.1 Å². The summed E-state index contributed by atoms with van der Waals surface area (Å²) in [6.45, 7) is 2.44. The Bertz CT molecular complexity index is 316. The van der Waals surface area contributed by atoms with Crippen LogP contribution < -0.4 is 5.17 Å². The highest BCUT2D eigenvalue weighted by atomic mass is 16.8. The van der Waals surface area contributed by atoms with Gasteiger partial charge in [0.15, 0.2) is 5.03 Å². The Balaban J connectivity index is 2.52. The van der Waals surface area contributed by atoms with E-state index in [1.807, 2.05) is 0 Å². The number of nitrogens with zero attached hydrogens (tertiary/aromatic N) is 2. The van der Waals surface area contributed by atoms with Crippen LogP contribution in [0.15, 0.2) is 30.3 Å². The van der Waals surface area contributed by atoms with Crippen LogP contribution in [-0.2, 0) is 4.84 Å². The number of hydrogen-bond donors (Lipinski definition) is 0. The number of rotatable bonds is 7. The van der Waals surface area contributed by atoms with Gasteiger partial charge in [-0.05, 0) is 18.6 Å². The molecule has 0 unspecified atom stereocenters. The normalized spacial score (nSPS) is 10.1. The average Bonchev–Trinajstić information content (AvgIpc) is 2.30. The lowest BCUT2D eigenvalue weighted by atomic mass is 10.3. The molecule has 0 aliphatic rings. The second-order valence-electron chi connectivity index (χ2n) is 3.39. The van der Waals surface area contributed by atoms with Gasteiger partial charge in [0.1, 0.15) is 5.69 Å². The lowest BCUT2D eigenvalue weighted by Crippen LogP contribution is -2.30. The number of hydrogen-bond acceptors (Lipinski definition) is 3. The van der Waals surface area contributed by atoms with Gasteiger partial charge in [0.25, 0.3) is 0 Å². The number of anilines is 1. The third-order valence-electron chi connectivity index (χ3n) is 2.09. The van der Waals surface area contributed by atoms with E-state index in [0.29, 0.717) is 12.3 Å². The minimum absolute atomic E-state index is 0.365. The lowest BCUT2D eigenvalue weighted by molar-refractivity contribution is -0.547. The van der Waals surface area contributed by atoms with E-state index in [1.54, 1.807) is 30.3 Å². The van der Waals surface area contributed by atoms with Crippen molar-refractivity contribution in [2.45, 2.75) is 26.2 Å². The third-order valence-corrected chi connectivity index (χ3v) is 2.09. The maximum absolute atomic E-state index is 10.8. The molecule has 0 heterocycles. The molecule has 0 bridgehead atoms. The highest BCUT2D eigenvalue weighted by Gasteiger charge is 2.17. The van der Waals surface area contributed by atoms with Gasteiger partial charge in [-0.25, -0.2) is 15.0 Å². The first kappa shape index (κ1) is 12.4. The molecule has 16 heavy (non-hydrogen) atoms. The van der Waals surface area contributed by atoms with Crippen molar-refractivity contribution >= 4 is 5.69 Å². The third kappa shape index (κ3) is 3.86. The lowest BCUT2D eigenvalue weighted by Gasteiger charge is -2.12. The van der Waals surface area contributed by atoms with Crippen molar-refractivity contribution in [2.24, 2.45) is 0 Å². The molecular formula is C11H16N2O3. The first-order valence-electron chi connectivity index (χ1n) is 5.38. The van der Waals surface area contributed by atoms with Crippen LogP contribution in [0.5, 0.6) is 0 Å². The van der Waals surface area contributed by atoms with Crippen LogP contribution >= 0.6 is 0 Å². The second-order valence-corrected chi connectivity index (χ2v) is 3.39. The fourth-order valence-corrected chi connectivity index (χ4v) is 1.27. The summed E-state index contributed by atoms with van der Waals surface area (Å²) in [5, 5.41) is 10.9. The number of hydrazine groups is 1. The molecule has 0 saturated heterocycles. The maximum Gasteiger partial charge on any atom is 0.192 e. The first-order valence-corrected chi connectivity index (χ1v) is 5.38. The zero-order valence-corrected chi connectivity index (χ0v) is 9.33. The summed E-state index contributed by atoms with van der Waals surface area (Å²) in [6.07, 6.45) is 2.90. The molecule has 0 spiro atoms. The Morgan fingerprint density at radius 3 is 2.56 bits per heavy atom. The van der Waals surface area contributed by atoms with E-state index in [4.69, 9.17) is 4.84 Å². The monoisotopic (exact) mass is 224 g/mol. The van der Waals surface area contributed by atoms with Gasteiger partial charge >= 0.3 is 0 Å². The van der Waals surface area contributed by atoms with Crippen molar-refractivity contribution in [3.05, 3.63) is 40.4 Å². The van der Waals surface area contributed by atoms with Gasteiger partial charge in [-0.3, -0.25) is 0 Å². The smallest absolute Gasteiger partial charge is 0.192 e. The summed E-state index contributed by atoms with van der Waals surface area (Å²) < 4.78 is 0. The fraction of sp³-hybridized carbons (Fsp3) is 0.455. The van der Waals surface area contributed by atoms with Crippen LogP contribution in [0.25, 0.3) is 0 Å². The van der Waals surface area contributed by atoms with Crippen LogP contribution in [0.4, 0.5) is 5.69 Å². The van der Waals surface area contributed by atoms with Crippen LogP contribution in [0, 0.1) is 10.1 Å². The molecule has 5 nitrogen and oxygen atoms in total. The zero-order chi connectivity index (χ0) is 11.8. The molecule has 1 aromatic carbocycles. The summed E-state index contributed by atoms with van der Waals surface area (Å²) in [4.78, 5) is 15.9. The average molecular weight is 224 g/mol. The molecule has 1 aromatic rings. The van der Waals surface area contributed by atoms with Crippen LogP contribution in [0.3, 0.4) is 0 Å². The molecule has 0 radical (unpaired) electrons. The SMILES string of the molecule is CCCCCON(c1ccccc1)[N+](=O)[O-].